The van der Waals surface area contributed by atoms with E-state index < -0.39 is 17.6 Å². The van der Waals surface area contributed by atoms with E-state index in [2.05, 4.69) is 20.2 Å². The zero-order valence-electron chi connectivity index (χ0n) is 15.3. The van der Waals surface area contributed by atoms with Gasteiger partial charge in [-0.15, -0.1) is 0 Å². The van der Waals surface area contributed by atoms with Crippen molar-refractivity contribution in [1.82, 2.24) is 14.9 Å². The molecule has 9 heteroatoms. The summed E-state index contributed by atoms with van der Waals surface area (Å²) in [5.74, 6) is -1.02. The molecule has 1 aromatic carbocycles. The fourth-order valence-corrected chi connectivity index (χ4v) is 3.14. The van der Waals surface area contributed by atoms with E-state index in [1.165, 1.54) is 11.0 Å². The summed E-state index contributed by atoms with van der Waals surface area (Å²) in [5, 5.41) is 2.56. The van der Waals surface area contributed by atoms with Crippen LogP contribution in [-0.2, 0) is 9.59 Å². The van der Waals surface area contributed by atoms with Crippen molar-refractivity contribution in [2.24, 2.45) is 0 Å². The first-order valence-electron chi connectivity index (χ1n) is 8.90. The van der Waals surface area contributed by atoms with Gasteiger partial charge in [0.15, 0.2) is 5.58 Å². The fraction of sp³-hybridized carbons (Fsp3) is 0.263. The zero-order chi connectivity index (χ0) is 19.7. The highest BCUT2D eigenvalue weighted by Gasteiger charge is 2.26. The summed E-state index contributed by atoms with van der Waals surface area (Å²) >= 11 is 0. The van der Waals surface area contributed by atoms with Crippen LogP contribution in [0.2, 0.25) is 0 Å². The highest BCUT2D eigenvalue weighted by Crippen LogP contribution is 2.17. The Balaban J connectivity index is 1.36. The number of fused-ring (bicyclic) bond motifs is 1. The van der Waals surface area contributed by atoms with Crippen LogP contribution in [0.1, 0.15) is 5.56 Å². The van der Waals surface area contributed by atoms with Crippen molar-refractivity contribution in [2.45, 2.75) is 6.92 Å². The number of nitrogens with one attached hydrogen (secondary N) is 2. The molecular weight excluding hydrogens is 362 g/mol. The molecule has 0 radical (unpaired) electrons. The monoisotopic (exact) mass is 381 g/mol. The van der Waals surface area contributed by atoms with Crippen LogP contribution in [0.15, 0.2) is 45.7 Å². The van der Waals surface area contributed by atoms with Crippen LogP contribution >= 0.6 is 0 Å². The predicted octanol–water partition coefficient (Wildman–Crippen LogP) is 1.11. The van der Waals surface area contributed by atoms with E-state index in [0.29, 0.717) is 43.0 Å². The van der Waals surface area contributed by atoms with E-state index in [1.54, 1.807) is 12.1 Å². The van der Waals surface area contributed by atoms with E-state index in [9.17, 15) is 14.4 Å². The van der Waals surface area contributed by atoms with Gasteiger partial charge in [-0.1, -0.05) is 6.07 Å². The first kappa shape index (κ1) is 17.8. The molecule has 0 unspecified atom stereocenters. The number of carbonyl (C=O) groups excluding carboxylic acids is 2. The molecule has 3 aromatic rings. The smallest absolute Gasteiger partial charge is 0.408 e. The molecule has 1 aliphatic rings. The molecule has 1 aliphatic heterocycles. The number of piperazine rings is 1. The molecule has 0 saturated carbocycles. The number of benzene rings is 1. The molecule has 4 rings (SSSR count). The molecule has 0 spiro atoms. The third kappa shape index (κ3) is 3.59. The van der Waals surface area contributed by atoms with E-state index in [0.717, 1.165) is 11.4 Å². The van der Waals surface area contributed by atoms with Crippen molar-refractivity contribution in [3.05, 3.63) is 52.6 Å². The van der Waals surface area contributed by atoms with Crippen LogP contribution in [-0.4, -0.2) is 52.9 Å². The molecule has 3 heterocycles. The highest BCUT2D eigenvalue weighted by atomic mass is 16.4. The number of H-pyrrole nitrogens is 1. The van der Waals surface area contributed by atoms with Gasteiger partial charge in [0, 0.05) is 44.1 Å². The topological polar surface area (TPSA) is 112 Å². The first-order valence-corrected chi connectivity index (χ1v) is 8.90. The van der Waals surface area contributed by atoms with Crippen molar-refractivity contribution in [3.8, 4) is 0 Å². The lowest BCUT2D eigenvalue weighted by Gasteiger charge is -2.35. The van der Waals surface area contributed by atoms with Gasteiger partial charge in [-0.2, -0.15) is 0 Å². The first-order chi connectivity index (χ1) is 13.5. The Hall–Kier alpha value is -3.62. The van der Waals surface area contributed by atoms with Crippen LogP contribution in [0, 0.1) is 6.92 Å². The van der Waals surface area contributed by atoms with Crippen molar-refractivity contribution < 1.29 is 14.0 Å². The lowest BCUT2D eigenvalue weighted by atomic mass is 10.2. The number of aryl methyl sites for hydroxylation is 1. The van der Waals surface area contributed by atoms with E-state index in [-0.39, 0.29) is 0 Å². The molecule has 0 aliphatic carbocycles. The summed E-state index contributed by atoms with van der Waals surface area (Å²) in [6.07, 6.45) is 1.81. The predicted molar refractivity (Wildman–Crippen MR) is 103 cm³/mol. The Kier molecular flexibility index (Phi) is 4.56. The maximum absolute atomic E-state index is 12.5. The van der Waals surface area contributed by atoms with Gasteiger partial charge >= 0.3 is 17.6 Å². The van der Waals surface area contributed by atoms with Crippen molar-refractivity contribution in [2.75, 3.05) is 36.4 Å². The van der Waals surface area contributed by atoms with E-state index >= 15 is 0 Å². The minimum Gasteiger partial charge on any atom is -0.408 e. The number of rotatable bonds is 2. The summed E-state index contributed by atoms with van der Waals surface area (Å²) < 4.78 is 4.96. The molecule has 28 heavy (non-hydrogen) atoms. The Bertz CT molecular complexity index is 1080. The van der Waals surface area contributed by atoms with Gasteiger partial charge < -0.3 is 19.5 Å². The zero-order valence-corrected chi connectivity index (χ0v) is 15.3. The van der Waals surface area contributed by atoms with Crippen LogP contribution in [0.4, 0.5) is 11.5 Å². The van der Waals surface area contributed by atoms with Crippen molar-refractivity contribution >= 4 is 34.4 Å². The number of hydrogen-bond donors (Lipinski definition) is 2. The average Bonchev–Trinajstić information content (AvgIpc) is 3.07. The number of amides is 2. The van der Waals surface area contributed by atoms with Gasteiger partial charge in [0.1, 0.15) is 5.82 Å². The number of aromatic amines is 1. The maximum atomic E-state index is 12.5. The number of nitrogens with zero attached hydrogens (tertiary/aromatic N) is 3. The molecule has 0 atom stereocenters. The Morgan fingerprint density at radius 1 is 1.14 bits per heavy atom. The van der Waals surface area contributed by atoms with Crippen molar-refractivity contribution in [1.29, 1.82) is 0 Å². The third-order valence-electron chi connectivity index (χ3n) is 4.66. The molecule has 1 saturated heterocycles. The summed E-state index contributed by atoms with van der Waals surface area (Å²) in [6.45, 7) is 4.07. The second-order valence-electron chi connectivity index (χ2n) is 6.65. The Morgan fingerprint density at radius 3 is 2.64 bits per heavy atom. The van der Waals surface area contributed by atoms with Crippen LogP contribution in [0.25, 0.3) is 11.1 Å². The standard InChI is InChI=1S/C19H19N5O4/c1-12-2-5-16(20-11-12)23-6-8-24(9-7-23)18(26)17(25)21-13-3-4-14-15(10-13)28-19(27)22-14/h2-5,10-11H,6-9H2,1H3,(H,21,25)(H,22,27). The number of pyridine rings is 1. The number of aromatic nitrogens is 2. The van der Waals surface area contributed by atoms with Gasteiger partial charge in [0.05, 0.1) is 5.52 Å². The van der Waals surface area contributed by atoms with Crippen LogP contribution in [0.3, 0.4) is 0 Å². The summed E-state index contributed by atoms with van der Waals surface area (Å²) in [5.41, 5.74) is 2.31. The molecular formula is C19H19N5O4. The van der Waals surface area contributed by atoms with E-state index in [1.807, 2.05) is 25.3 Å². The summed E-state index contributed by atoms with van der Waals surface area (Å²) in [4.78, 5) is 46.5. The van der Waals surface area contributed by atoms with Crippen LogP contribution < -0.4 is 16.0 Å². The number of hydrogen-bond acceptors (Lipinski definition) is 6. The summed E-state index contributed by atoms with van der Waals surface area (Å²) in [7, 11) is 0. The minimum atomic E-state index is -0.723. The molecule has 2 amide bonds. The number of anilines is 2. The second kappa shape index (κ2) is 7.18. The van der Waals surface area contributed by atoms with Crippen LogP contribution in [0.5, 0.6) is 0 Å². The largest absolute Gasteiger partial charge is 0.417 e. The maximum Gasteiger partial charge on any atom is 0.417 e. The molecule has 9 nitrogen and oxygen atoms in total. The van der Waals surface area contributed by atoms with Gasteiger partial charge in [-0.05, 0) is 30.7 Å². The molecule has 2 N–H and O–H groups in total. The molecule has 144 valence electrons. The van der Waals surface area contributed by atoms with Gasteiger partial charge in [0.2, 0.25) is 0 Å². The van der Waals surface area contributed by atoms with Gasteiger partial charge in [0.25, 0.3) is 0 Å². The summed E-state index contributed by atoms with van der Waals surface area (Å²) in [6, 6.07) is 8.65. The number of carbonyl (C=O) groups is 2. The SMILES string of the molecule is Cc1ccc(N2CCN(C(=O)C(=O)Nc3ccc4[nH]c(=O)oc4c3)CC2)nc1. The Labute approximate surface area is 160 Å². The lowest BCUT2D eigenvalue weighted by molar-refractivity contribution is -0.143. The van der Waals surface area contributed by atoms with E-state index in [4.69, 9.17) is 4.42 Å². The minimum absolute atomic E-state index is 0.314. The average molecular weight is 381 g/mol. The normalized spacial score (nSPS) is 14.3. The highest BCUT2D eigenvalue weighted by molar-refractivity contribution is 6.39. The van der Waals surface area contributed by atoms with Crippen molar-refractivity contribution in [3.63, 3.8) is 0 Å². The second-order valence-corrected chi connectivity index (χ2v) is 6.65. The quantitative estimate of drug-likeness (QED) is 0.643. The molecule has 2 aromatic heterocycles. The molecule has 1 fully saturated rings. The Morgan fingerprint density at radius 2 is 1.93 bits per heavy atom. The fourth-order valence-electron chi connectivity index (χ4n) is 3.14. The third-order valence-corrected chi connectivity index (χ3v) is 4.66. The molecule has 0 bridgehead atoms. The van der Waals surface area contributed by atoms with Gasteiger partial charge in [-0.3, -0.25) is 14.6 Å². The van der Waals surface area contributed by atoms with Gasteiger partial charge in [-0.25, -0.2) is 9.78 Å². The number of oxazole rings is 1. The lowest BCUT2D eigenvalue weighted by Crippen LogP contribution is -2.51.